The van der Waals surface area contributed by atoms with Gasteiger partial charge in [0.25, 0.3) is 0 Å². The largest absolute Gasteiger partial charge is 0.330 e. The Kier molecular flexibility index (Phi) is 6.37. The van der Waals surface area contributed by atoms with Crippen molar-refractivity contribution < 1.29 is 0 Å². The van der Waals surface area contributed by atoms with Gasteiger partial charge in [0.1, 0.15) is 0 Å². The minimum atomic E-state index is 0.509. The van der Waals surface area contributed by atoms with Crippen LogP contribution in [-0.4, -0.2) is 18.6 Å². The zero-order valence-corrected chi connectivity index (χ0v) is 11.5. The van der Waals surface area contributed by atoms with Crippen LogP contribution in [0, 0.1) is 0 Å². The molecule has 1 nitrogen and oxygen atoms in total. The van der Waals surface area contributed by atoms with Gasteiger partial charge in [-0.05, 0) is 55.0 Å². The van der Waals surface area contributed by atoms with E-state index in [1.54, 1.807) is 0 Å². The second kappa shape index (κ2) is 7.31. The summed E-state index contributed by atoms with van der Waals surface area (Å²) in [5.74, 6) is 1.74. The molecule has 0 aliphatic heterocycles. The zero-order valence-electron chi connectivity index (χ0n) is 9.08. The van der Waals surface area contributed by atoms with Crippen molar-refractivity contribution in [1.82, 2.24) is 0 Å². The van der Waals surface area contributed by atoms with E-state index in [2.05, 4.69) is 46.5 Å². The van der Waals surface area contributed by atoms with E-state index in [9.17, 15) is 0 Å². The molecule has 1 unspecified atom stereocenters. The van der Waals surface area contributed by atoms with E-state index < -0.39 is 0 Å². The van der Waals surface area contributed by atoms with E-state index in [1.807, 2.05) is 11.8 Å². The summed E-state index contributed by atoms with van der Waals surface area (Å²) < 4.78 is 1.14. The van der Waals surface area contributed by atoms with Crippen molar-refractivity contribution in [3.8, 4) is 0 Å². The fourth-order valence-corrected chi connectivity index (χ4v) is 2.53. The predicted octanol–water partition coefficient (Wildman–Crippen LogP) is 3.63. The van der Waals surface area contributed by atoms with Crippen LogP contribution in [0.15, 0.2) is 28.7 Å². The van der Waals surface area contributed by atoms with Crippen molar-refractivity contribution in [2.75, 3.05) is 18.6 Å². The fraction of sp³-hybridized carbons (Fsp3) is 0.500. The minimum Gasteiger partial charge on any atom is -0.330 e. The van der Waals surface area contributed by atoms with Crippen LogP contribution in [0.2, 0.25) is 0 Å². The molecule has 1 atom stereocenters. The Labute approximate surface area is 105 Å². The van der Waals surface area contributed by atoms with Crippen molar-refractivity contribution >= 4 is 27.7 Å². The van der Waals surface area contributed by atoms with E-state index in [4.69, 9.17) is 5.73 Å². The monoisotopic (exact) mass is 287 g/mol. The third-order valence-electron chi connectivity index (χ3n) is 2.51. The summed E-state index contributed by atoms with van der Waals surface area (Å²) in [6.45, 7) is 0.741. The standard InChI is InChI=1S/C12H18BrNS/c1-15-7-3-5-11(9-14)10-4-2-6-12(13)8-10/h2,4,6,8,11H,3,5,7,9,14H2,1H3. The second-order valence-corrected chi connectivity index (χ2v) is 5.52. The van der Waals surface area contributed by atoms with E-state index in [0.717, 1.165) is 11.0 Å². The van der Waals surface area contributed by atoms with Gasteiger partial charge in [-0.2, -0.15) is 11.8 Å². The summed E-state index contributed by atoms with van der Waals surface area (Å²) in [7, 11) is 0. The Bertz CT molecular complexity index is 291. The van der Waals surface area contributed by atoms with E-state index in [1.165, 1.54) is 24.2 Å². The van der Waals surface area contributed by atoms with Crippen molar-refractivity contribution in [3.05, 3.63) is 34.3 Å². The molecular formula is C12H18BrNS. The summed E-state index contributed by atoms with van der Waals surface area (Å²) >= 11 is 5.40. The maximum Gasteiger partial charge on any atom is 0.0178 e. The molecule has 84 valence electrons. The van der Waals surface area contributed by atoms with Gasteiger partial charge >= 0.3 is 0 Å². The highest BCUT2D eigenvalue weighted by atomic mass is 79.9. The summed E-state index contributed by atoms with van der Waals surface area (Å²) in [4.78, 5) is 0. The van der Waals surface area contributed by atoms with Crippen molar-refractivity contribution in [2.24, 2.45) is 5.73 Å². The first kappa shape index (κ1) is 13.1. The molecule has 0 radical (unpaired) electrons. The van der Waals surface area contributed by atoms with Crippen LogP contribution < -0.4 is 5.73 Å². The molecule has 0 heterocycles. The highest BCUT2D eigenvalue weighted by molar-refractivity contribution is 9.10. The lowest BCUT2D eigenvalue weighted by Crippen LogP contribution is -2.12. The summed E-state index contributed by atoms with van der Waals surface area (Å²) in [5, 5.41) is 0. The van der Waals surface area contributed by atoms with Gasteiger partial charge in [0.05, 0.1) is 0 Å². The van der Waals surface area contributed by atoms with Gasteiger partial charge < -0.3 is 5.73 Å². The number of hydrogen-bond acceptors (Lipinski definition) is 2. The third-order valence-corrected chi connectivity index (χ3v) is 3.70. The molecule has 0 aromatic heterocycles. The molecule has 0 fully saturated rings. The number of thioether (sulfide) groups is 1. The number of benzene rings is 1. The third kappa shape index (κ3) is 4.58. The zero-order chi connectivity index (χ0) is 11.1. The van der Waals surface area contributed by atoms with E-state index >= 15 is 0 Å². The summed E-state index contributed by atoms with van der Waals surface area (Å²) in [6, 6.07) is 8.48. The Morgan fingerprint density at radius 1 is 1.47 bits per heavy atom. The number of rotatable bonds is 6. The molecular weight excluding hydrogens is 270 g/mol. The van der Waals surface area contributed by atoms with Crippen molar-refractivity contribution in [1.29, 1.82) is 0 Å². The lowest BCUT2D eigenvalue weighted by Gasteiger charge is -2.15. The van der Waals surface area contributed by atoms with Crippen LogP contribution in [-0.2, 0) is 0 Å². The lowest BCUT2D eigenvalue weighted by molar-refractivity contribution is 0.625. The molecule has 1 aromatic rings. The van der Waals surface area contributed by atoms with Gasteiger partial charge in [0.2, 0.25) is 0 Å². The number of nitrogens with two attached hydrogens (primary N) is 1. The smallest absolute Gasteiger partial charge is 0.0178 e. The van der Waals surface area contributed by atoms with Crippen molar-refractivity contribution in [3.63, 3.8) is 0 Å². The Morgan fingerprint density at radius 2 is 2.27 bits per heavy atom. The Hall–Kier alpha value is 0.01000. The highest BCUT2D eigenvalue weighted by Gasteiger charge is 2.09. The Morgan fingerprint density at radius 3 is 2.87 bits per heavy atom. The SMILES string of the molecule is CSCCCC(CN)c1cccc(Br)c1. The van der Waals surface area contributed by atoms with Gasteiger partial charge in [-0.3, -0.25) is 0 Å². The molecule has 0 saturated carbocycles. The molecule has 1 rings (SSSR count). The molecule has 15 heavy (non-hydrogen) atoms. The molecule has 0 aliphatic rings. The fourth-order valence-electron chi connectivity index (χ4n) is 1.66. The highest BCUT2D eigenvalue weighted by Crippen LogP contribution is 2.23. The van der Waals surface area contributed by atoms with Crippen LogP contribution in [0.5, 0.6) is 0 Å². The van der Waals surface area contributed by atoms with Crippen LogP contribution in [0.1, 0.15) is 24.3 Å². The van der Waals surface area contributed by atoms with E-state index in [-0.39, 0.29) is 0 Å². The van der Waals surface area contributed by atoms with Crippen LogP contribution >= 0.6 is 27.7 Å². The molecule has 1 aromatic carbocycles. The minimum absolute atomic E-state index is 0.509. The topological polar surface area (TPSA) is 26.0 Å². The van der Waals surface area contributed by atoms with Gasteiger partial charge in [0, 0.05) is 4.47 Å². The molecule has 2 N–H and O–H groups in total. The molecule has 0 saturated heterocycles. The summed E-state index contributed by atoms with van der Waals surface area (Å²) in [6.07, 6.45) is 4.58. The lowest BCUT2D eigenvalue weighted by atomic mass is 9.95. The van der Waals surface area contributed by atoms with Gasteiger partial charge in [0.15, 0.2) is 0 Å². The first-order valence-corrected chi connectivity index (χ1v) is 7.41. The number of hydrogen-bond donors (Lipinski definition) is 1. The molecule has 0 bridgehead atoms. The average Bonchev–Trinajstić information content (AvgIpc) is 2.24. The van der Waals surface area contributed by atoms with Gasteiger partial charge in [-0.25, -0.2) is 0 Å². The van der Waals surface area contributed by atoms with Crippen LogP contribution in [0.3, 0.4) is 0 Å². The van der Waals surface area contributed by atoms with Crippen LogP contribution in [0.4, 0.5) is 0 Å². The van der Waals surface area contributed by atoms with Crippen LogP contribution in [0.25, 0.3) is 0 Å². The molecule has 0 amide bonds. The average molecular weight is 288 g/mol. The quantitative estimate of drug-likeness (QED) is 0.809. The first-order valence-electron chi connectivity index (χ1n) is 5.22. The first-order chi connectivity index (χ1) is 7.27. The maximum absolute atomic E-state index is 5.81. The Balaban J connectivity index is 2.57. The summed E-state index contributed by atoms with van der Waals surface area (Å²) in [5.41, 5.74) is 7.17. The normalized spacial score (nSPS) is 12.7. The number of halogens is 1. The molecule has 0 spiro atoms. The van der Waals surface area contributed by atoms with Gasteiger partial charge in [-0.15, -0.1) is 0 Å². The maximum atomic E-state index is 5.81. The molecule has 0 aliphatic carbocycles. The second-order valence-electron chi connectivity index (χ2n) is 3.62. The predicted molar refractivity (Wildman–Crippen MR) is 73.6 cm³/mol. The van der Waals surface area contributed by atoms with E-state index in [0.29, 0.717) is 5.92 Å². The van der Waals surface area contributed by atoms with Gasteiger partial charge in [-0.1, -0.05) is 28.1 Å². The van der Waals surface area contributed by atoms with Crippen molar-refractivity contribution in [2.45, 2.75) is 18.8 Å². The molecule has 3 heteroatoms.